The average molecular weight is 203 g/mol. The second-order valence-corrected chi connectivity index (χ2v) is 4.35. The molecule has 0 spiro atoms. The number of hydrogen-bond acceptors (Lipinski definition) is 4. The van der Waals surface area contributed by atoms with Crippen LogP contribution in [0.5, 0.6) is 0 Å². The van der Waals surface area contributed by atoms with Crippen LogP contribution in [0.4, 0.5) is 0 Å². The van der Waals surface area contributed by atoms with Crippen LogP contribution in [-0.4, -0.2) is 56.8 Å². The van der Waals surface area contributed by atoms with Gasteiger partial charge in [-0.15, -0.1) is 0 Å². The molecule has 0 radical (unpaired) electrons. The summed E-state index contributed by atoms with van der Waals surface area (Å²) in [5, 5.41) is 9.20. The molecule has 0 bridgehead atoms. The molecule has 0 aromatic carbocycles. The number of aliphatic hydroxyl groups is 1. The molecule has 4 nitrogen and oxygen atoms in total. The Balaban J connectivity index is 2.35. The standard InChI is InChI=1S/C10H21NO3/c1-10(8-12)4-5-11(7-10)6-9(13-2)14-3/h9,12H,4-8H2,1-3H3/t10-/m1/s1. The molecule has 1 aliphatic heterocycles. The van der Waals surface area contributed by atoms with Crippen LogP contribution in [0.25, 0.3) is 0 Å². The Bertz CT molecular complexity index is 173. The lowest BCUT2D eigenvalue weighted by atomic mass is 9.91. The highest BCUT2D eigenvalue weighted by atomic mass is 16.7. The van der Waals surface area contributed by atoms with Crippen molar-refractivity contribution >= 4 is 0 Å². The van der Waals surface area contributed by atoms with Gasteiger partial charge >= 0.3 is 0 Å². The van der Waals surface area contributed by atoms with Crippen molar-refractivity contribution in [3.05, 3.63) is 0 Å². The lowest BCUT2D eigenvalue weighted by Crippen LogP contribution is -2.35. The predicted octanol–water partition coefficient (Wildman–Crippen LogP) is 0.310. The van der Waals surface area contributed by atoms with Gasteiger partial charge in [0.25, 0.3) is 0 Å². The summed E-state index contributed by atoms with van der Waals surface area (Å²) in [5.74, 6) is 0. The fraction of sp³-hybridized carbons (Fsp3) is 1.00. The summed E-state index contributed by atoms with van der Waals surface area (Å²) in [6.07, 6.45) is 0.889. The van der Waals surface area contributed by atoms with Crippen LogP contribution >= 0.6 is 0 Å². The van der Waals surface area contributed by atoms with Gasteiger partial charge in [0.05, 0.1) is 0 Å². The smallest absolute Gasteiger partial charge is 0.169 e. The molecule has 0 aromatic heterocycles. The molecular weight excluding hydrogens is 182 g/mol. The minimum absolute atomic E-state index is 0.0615. The largest absolute Gasteiger partial charge is 0.396 e. The zero-order valence-electron chi connectivity index (χ0n) is 9.32. The molecule has 1 aliphatic rings. The van der Waals surface area contributed by atoms with Gasteiger partial charge in [0.1, 0.15) is 0 Å². The molecule has 0 unspecified atom stereocenters. The lowest BCUT2D eigenvalue weighted by Gasteiger charge is -2.24. The van der Waals surface area contributed by atoms with E-state index in [0.29, 0.717) is 0 Å². The van der Waals surface area contributed by atoms with E-state index in [4.69, 9.17) is 9.47 Å². The van der Waals surface area contributed by atoms with Gasteiger partial charge in [0.15, 0.2) is 6.29 Å². The van der Waals surface area contributed by atoms with Crippen LogP contribution in [0.15, 0.2) is 0 Å². The molecule has 14 heavy (non-hydrogen) atoms. The van der Waals surface area contributed by atoms with Gasteiger partial charge in [-0.05, 0) is 13.0 Å². The first kappa shape index (κ1) is 11.9. The monoisotopic (exact) mass is 203 g/mol. The topological polar surface area (TPSA) is 41.9 Å². The average Bonchev–Trinajstić information content (AvgIpc) is 2.58. The summed E-state index contributed by atoms with van der Waals surface area (Å²) in [7, 11) is 3.30. The second kappa shape index (κ2) is 5.07. The first-order chi connectivity index (χ1) is 6.63. The number of aliphatic hydroxyl groups excluding tert-OH is 1. The Morgan fingerprint density at radius 3 is 2.50 bits per heavy atom. The van der Waals surface area contributed by atoms with E-state index >= 15 is 0 Å². The van der Waals surface area contributed by atoms with Crippen LogP contribution < -0.4 is 0 Å². The third-order valence-electron chi connectivity index (χ3n) is 2.95. The predicted molar refractivity (Wildman–Crippen MR) is 54.1 cm³/mol. The molecule has 0 amide bonds. The molecule has 0 saturated carbocycles. The van der Waals surface area contributed by atoms with E-state index in [2.05, 4.69) is 11.8 Å². The Kier molecular flexibility index (Phi) is 4.31. The third kappa shape index (κ3) is 2.92. The molecular formula is C10H21NO3. The minimum Gasteiger partial charge on any atom is -0.396 e. The van der Waals surface area contributed by atoms with Gasteiger partial charge in [-0.2, -0.15) is 0 Å². The van der Waals surface area contributed by atoms with Gasteiger partial charge in [0.2, 0.25) is 0 Å². The number of likely N-dealkylation sites (tertiary alicyclic amines) is 1. The lowest BCUT2D eigenvalue weighted by molar-refractivity contribution is -0.115. The quantitative estimate of drug-likeness (QED) is 0.653. The van der Waals surface area contributed by atoms with Crippen LogP contribution in [0.1, 0.15) is 13.3 Å². The van der Waals surface area contributed by atoms with Gasteiger partial charge in [-0.1, -0.05) is 6.92 Å². The van der Waals surface area contributed by atoms with Gasteiger partial charge in [-0.3, -0.25) is 4.90 Å². The Labute approximate surface area is 85.8 Å². The fourth-order valence-electron chi connectivity index (χ4n) is 1.87. The van der Waals surface area contributed by atoms with E-state index in [1.54, 1.807) is 14.2 Å². The summed E-state index contributed by atoms with van der Waals surface area (Å²) in [6.45, 7) is 5.09. The first-order valence-corrected chi connectivity index (χ1v) is 5.02. The maximum Gasteiger partial charge on any atom is 0.169 e. The van der Waals surface area contributed by atoms with Crippen LogP contribution in [-0.2, 0) is 9.47 Å². The number of nitrogens with zero attached hydrogens (tertiary/aromatic N) is 1. The summed E-state index contributed by atoms with van der Waals surface area (Å²) in [6, 6.07) is 0. The van der Waals surface area contributed by atoms with Crippen molar-refractivity contribution < 1.29 is 14.6 Å². The van der Waals surface area contributed by atoms with Gasteiger partial charge < -0.3 is 14.6 Å². The maximum absolute atomic E-state index is 9.20. The molecule has 1 N–H and O–H groups in total. The summed E-state index contributed by atoms with van der Waals surface area (Å²) in [4.78, 5) is 2.27. The molecule has 0 aromatic rings. The highest BCUT2D eigenvalue weighted by molar-refractivity contribution is 4.85. The molecule has 84 valence electrons. The van der Waals surface area contributed by atoms with E-state index in [1.165, 1.54) is 0 Å². The fourth-order valence-corrected chi connectivity index (χ4v) is 1.87. The molecule has 0 aliphatic carbocycles. The van der Waals surface area contributed by atoms with Gasteiger partial charge in [0, 0.05) is 39.3 Å². The van der Waals surface area contributed by atoms with Crippen LogP contribution in [0.3, 0.4) is 0 Å². The van der Waals surface area contributed by atoms with Crippen molar-refractivity contribution in [3.8, 4) is 0 Å². The number of methoxy groups -OCH3 is 2. The van der Waals surface area contributed by atoms with Crippen molar-refractivity contribution in [1.82, 2.24) is 4.90 Å². The summed E-state index contributed by atoms with van der Waals surface area (Å²) < 4.78 is 10.3. The Hall–Kier alpha value is -0.160. The Morgan fingerprint density at radius 2 is 2.07 bits per heavy atom. The molecule has 4 heteroatoms. The molecule has 1 heterocycles. The minimum atomic E-state index is -0.156. The SMILES string of the molecule is COC(CN1CC[C@@](C)(CO)C1)OC. The van der Waals surface area contributed by atoms with Crippen molar-refractivity contribution in [3.63, 3.8) is 0 Å². The zero-order chi connectivity index (χ0) is 10.6. The van der Waals surface area contributed by atoms with Crippen LogP contribution in [0, 0.1) is 5.41 Å². The summed E-state index contributed by atoms with van der Waals surface area (Å²) in [5.41, 5.74) is 0.0615. The highest BCUT2D eigenvalue weighted by Gasteiger charge is 2.33. The number of hydrogen-bond donors (Lipinski definition) is 1. The molecule has 1 atom stereocenters. The highest BCUT2D eigenvalue weighted by Crippen LogP contribution is 2.29. The second-order valence-electron chi connectivity index (χ2n) is 4.35. The number of ether oxygens (including phenoxy) is 2. The Morgan fingerprint density at radius 1 is 1.43 bits per heavy atom. The van der Waals surface area contributed by atoms with Crippen molar-refractivity contribution in [2.24, 2.45) is 5.41 Å². The van der Waals surface area contributed by atoms with E-state index in [-0.39, 0.29) is 18.3 Å². The van der Waals surface area contributed by atoms with E-state index in [9.17, 15) is 5.11 Å². The number of rotatable bonds is 5. The maximum atomic E-state index is 9.20. The van der Waals surface area contributed by atoms with Crippen molar-refractivity contribution in [2.75, 3.05) is 40.5 Å². The van der Waals surface area contributed by atoms with Crippen molar-refractivity contribution in [2.45, 2.75) is 19.6 Å². The summed E-state index contributed by atoms with van der Waals surface area (Å²) >= 11 is 0. The van der Waals surface area contributed by atoms with Crippen molar-refractivity contribution in [1.29, 1.82) is 0 Å². The van der Waals surface area contributed by atoms with E-state index in [1.807, 2.05) is 0 Å². The molecule has 1 saturated heterocycles. The van der Waals surface area contributed by atoms with Crippen LogP contribution in [0.2, 0.25) is 0 Å². The first-order valence-electron chi connectivity index (χ1n) is 5.02. The molecule has 1 rings (SSSR count). The third-order valence-corrected chi connectivity index (χ3v) is 2.95. The van der Waals surface area contributed by atoms with Gasteiger partial charge in [-0.25, -0.2) is 0 Å². The zero-order valence-corrected chi connectivity index (χ0v) is 9.32. The van der Waals surface area contributed by atoms with E-state index in [0.717, 1.165) is 26.1 Å². The molecule has 1 fully saturated rings. The van der Waals surface area contributed by atoms with E-state index < -0.39 is 0 Å². The normalized spacial score (nSPS) is 28.9.